The fourth-order valence-electron chi connectivity index (χ4n) is 2.90. The van der Waals surface area contributed by atoms with Crippen LogP contribution in [0.1, 0.15) is 42.5 Å². The molecule has 1 unspecified atom stereocenters. The monoisotopic (exact) mass is 363 g/mol. The largest absolute Gasteiger partial charge is 0.421 e. The summed E-state index contributed by atoms with van der Waals surface area (Å²) in [5.41, 5.74) is 0.611. The van der Waals surface area contributed by atoms with Gasteiger partial charge in [-0.25, -0.2) is 4.98 Å². The van der Waals surface area contributed by atoms with Gasteiger partial charge in [0.1, 0.15) is 11.4 Å². The summed E-state index contributed by atoms with van der Waals surface area (Å²) < 4.78 is 40.7. The zero-order chi connectivity index (χ0) is 18.5. The standard InChI is InChI=1S/C16H16F3N7/c1-21-14-10(16(17,18)19)6-22-15(24-14)23-11-7-26(12-4-9(12)5-20)25-13(11)8-2-3-8/h6-9,12H,2-4H2,1H3,(H2,21,22,23,24)/t9-,12?/m0/s1. The molecule has 2 aromatic rings. The predicted molar refractivity (Wildman–Crippen MR) is 86.8 cm³/mol. The SMILES string of the molecule is CNc1nc(Nc2cn(C3C[C@H]3C#N)nc2C2CC2)ncc1C(F)(F)F. The van der Waals surface area contributed by atoms with E-state index in [0.29, 0.717) is 11.6 Å². The number of nitrogens with one attached hydrogen (secondary N) is 2. The zero-order valence-electron chi connectivity index (χ0n) is 13.9. The van der Waals surface area contributed by atoms with Crippen LogP contribution >= 0.6 is 0 Å². The number of alkyl halides is 3. The highest BCUT2D eigenvalue weighted by molar-refractivity contribution is 5.59. The molecule has 0 aliphatic heterocycles. The Morgan fingerprint density at radius 1 is 1.35 bits per heavy atom. The van der Waals surface area contributed by atoms with Gasteiger partial charge in [0.25, 0.3) is 0 Å². The molecule has 0 spiro atoms. The molecule has 2 aromatic heterocycles. The van der Waals surface area contributed by atoms with Crippen molar-refractivity contribution in [1.29, 1.82) is 5.26 Å². The molecule has 2 heterocycles. The van der Waals surface area contributed by atoms with Crippen LogP contribution in [0.2, 0.25) is 0 Å². The van der Waals surface area contributed by atoms with Gasteiger partial charge in [-0.05, 0) is 19.3 Å². The third kappa shape index (κ3) is 3.05. The molecule has 26 heavy (non-hydrogen) atoms. The van der Waals surface area contributed by atoms with Crippen molar-refractivity contribution < 1.29 is 13.2 Å². The van der Waals surface area contributed by atoms with E-state index in [1.165, 1.54) is 7.05 Å². The average molecular weight is 363 g/mol. The molecule has 0 aromatic carbocycles. The van der Waals surface area contributed by atoms with E-state index in [1.54, 1.807) is 10.9 Å². The Kier molecular flexibility index (Phi) is 3.75. The average Bonchev–Trinajstić information content (AvgIpc) is 3.52. The lowest BCUT2D eigenvalue weighted by atomic mass is 10.2. The van der Waals surface area contributed by atoms with E-state index in [1.807, 2.05) is 0 Å². The Morgan fingerprint density at radius 3 is 2.69 bits per heavy atom. The van der Waals surface area contributed by atoms with Crippen molar-refractivity contribution in [3.63, 3.8) is 0 Å². The van der Waals surface area contributed by atoms with Crippen LogP contribution in [0.15, 0.2) is 12.4 Å². The fraction of sp³-hybridized carbons (Fsp3) is 0.500. The van der Waals surface area contributed by atoms with Crippen LogP contribution in [0, 0.1) is 17.2 Å². The topological polar surface area (TPSA) is 91.5 Å². The lowest BCUT2D eigenvalue weighted by molar-refractivity contribution is -0.137. The van der Waals surface area contributed by atoms with E-state index < -0.39 is 11.7 Å². The highest BCUT2D eigenvalue weighted by atomic mass is 19.4. The molecule has 0 radical (unpaired) electrons. The summed E-state index contributed by atoms with van der Waals surface area (Å²) in [4.78, 5) is 7.73. The summed E-state index contributed by atoms with van der Waals surface area (Å²) >= 11 is 0. The Labute approximate surface area is 147 Å². The molecule has 2 atom stereocenters. The number of nitrogens with zero attached hydrogens (tertiary/aromatic N) is 5. The van der Waals surface area contributed by atoms with Crippen LogP contribution in [0.25, 0.3) is 0 Å². The number of aromatic nitrogens is 4. The molecule has 2 fully saturated rings. The number of hydrogen-bond donors (Lipinski definition) is 2. The number of anilines is 3. The van der Waals surface area contributed by atoms with Crippen molar-refractivity contribution in [2.75, 3.05) is 17.7 Å². The highest BCUT2D eigenvalue weighted by Crippen LogP contribution is 2.47. The minimum Gasteiger partial charge on any atom is -0.372 e. The third-order valence-electron chi connectivity index (χ3n) is 4.56. The van der Waals surface area contributed by atoms with E-state index in [4.69, 9.17) is 5.26 Å². The normalized spacial score (nSPS) is 22.0. The molecule has 2 saturated carbocycles. The first-order chi connectivity index (χ1) is 12.4. The van der Waals surface area contributed by atoms with E-state index in [2.05, 4.69) is 31.8 Å². The smallest absolute Gasteiger partial charge is 0.372 e. The van der Waals surface area contributed by atoms with Gasteiger partial charge in [-0.1, -0.05) is 0 Å². The molecule has 2 aliphatic carbocycles. The van der Waals surface area contributed by atoms with Gasteiger partial charge in [-0.2, -0.15) is 28.5 Å². The molecular weight excluding hydrogens is 347 g/mol. The van der Waals surface area contributed by atoms with Crippen LogP contribution in [-0.4, -0.2) is 26.8 Å². The maximum Gasteiger partial charge on any atom is 0.421 e. The molecule has 2 aliphatic rings. The number of nitriles is 1. The molecule has 7 nitrogen and oxygen atoms in total. The minimum atomic E-state index is -4.53. The summed E-state index contributed by atoms with van der Waals surface area (Å²) in [7, 11) is 1.38. The van der Waals surface area contributed by atoms with Gasteiger partial charge >= 0.3 is 6.18 Å². The quantitative estimate of drug-likeness (QED) is 0.846. The van der Waals surface area contributed by atoms with Crippen LogP contribution in [-0.2, 0) is 6.18 Å². The predicted octanol–water partition coefficient (Wildman–Crippen LogP) is 3.44. The lowest BCUT2D eigenvalue weighted by Crippen LogP contribution is -2.12. The molecule has 10 heteroatoms. The third-order valence-corrected chi connectivity index (χ3v) is 4.56. The summed E-state index contributed by atoms with van der Waals surface area (Å²) in [5.74, 6) is 0.0720. The first-order valence-electron chi connectivity index (χ1n) is 8.28. The van der Waals surface area contributed by atoms with E-state index in [-0.39, 0.29) is 23.7 Å². The molecule has 0 amide bonds. The lowest BCUT2D eigenvalue weighted by Gasteiger charge is -2.12. The van der Waals surface area contributed by atoms with Crippen molar-refractivity contribution in [1.82, 2.24) is 19.7 Å². The Morgan fingerprint density at radius 2 is 2.12 bits per heavy atom. The van der Waals surface area contributed by atoms with Crippen molar-refractivity contribution in [2.45, 2.75) is 37.4 Å². The molecular formula is C16H16F3N7. The summed E-state index contributed by atoms with van der Waals surface area (Å²) in [5, 5.41) is 19.0. The summed E-state index contributed by atoms with van der Waals surface area (Å²) in [6, 6.07) is 2.29. The summed E-state index contributed by atoms with van der Waals surface area (Å²) in [6.07, 6.45) is 0.827. The second kappa shape index (κ2) is 5.86. The Bertz CT molecular complexity index is 879. The first kappa shape index (κ1) is 16.6. The molecule has 4 rings (SSSR count). The van der Waals surface area contributed by atoms with Crippen LogP contribution < -0.4 is 10.6 Å². The van der Waals surface area contributed by atoms with Gasteiger partial charge in [0.05, 0.1) is 29.4 Å². The van der Waals surface area contributed by atoms with Gasteiger partial charge in [0, 0.05) is 25.4 Å². The van der Waals surface area contributed by atoms with Crippen LogP contribution in [0.4, 0.5) is 30.6 Å². The molecule has 0 bridgehead atoms. The van der Waals surface area contributed by atoms with Crippen molar-refractivity contribution in [2.24, 2.45) is 5.92 Å². The fourth-order valence-corrected chi connectivity index (χ4v) is 2.90. The molecule has 2 N–H and O–H groups in total. The maximum atomic E-state index is 13.0. The second-order valence-electron chi connectivity index (χ2n) is 6.55. The van der Waals surface area contributed by atoms with Crippen LogP contribution in [0.5, 0.6) is 0 Å². The Hall–Kier alpha value is -2.83. The number of hydrogen-bond acceptors (Lipinski definition) is 6. The van der Waals surface area contributed by atoms with Gasteiger partial charge in [-0.15, -0.1) is 0 Å². The van der Waals surface area contributed by atoms with Gasteiger partial charge in [0.2, 0.25) is 5.95 Å². The Balaban J connectivity index is 1.62. The maximum absolute atomic E-state index is 13.0. The van der Waals surface area contributed by atoms with Gasteiger partial charge in [0.15, 0.2) is 0 Å². The molecule has 0 saturated heterocycles. The minimum absolute atomic E-state index is 0.0342. The zero-order valence-corrected chi connectivity index (χ0v) is 13.9. The van der Waals surface area contributed by atoms with Crippen molar-refractivity contribution >= 4 is 17.5 Å². The van der Waals surface area contributed by atoms with E-state index >= 15 is 0 Å². The van der Waals surface area contributed by atoms with Gasteiger partial charge < -0.3 is 10.6 Å². The van der Waals surface area contributed by atoms with E-state index in [0.717, 1.165) is 31.2 Å². The van der Waals surface area contributed by atoms with Crippen LogP contribution in [0.3, 0.4) is 0 Å². The number of rotatable bonds is 5. The molecule has 136 valence electrons. The summed E-state index contributed by atoms with van der Waals surface area (Å²) in [6.45, 7) is 0. The highest BCUT2D eigenvalue weighted by Gasteiger charge is 2.41. The number of halogens is 3. The van der Waals surface area contributed by atoms with Crippen molar-refractivity contribution in [3.8, 4) is 6.07 Å². The second-order valence-corrected chi connectivity index (χ2v) is 6.55. The van der Waals surface area contributed by atoms with E-state index in [9.17, 15) is 13.2 Å². The first-order valence-corrected chi connectivity index (χ1v) is 8.28. The van der Waals surface area contributed by atoms with Gasteiger partial charge in [-0.3, -0.25) is 4.68 Å². The van der Waals surface area contributed by atoms with Crippen molar-refractivity contribution in [3.05, 3.63) is 23.7 Å².